The maximum absolute atomic E-state index is 4.05. The molecule has 1 atom stereocenters. The number of likely N-dealkylation sites (N-methyl/N-ethyl adjacent to an activating group) is 1. The van der Waals surface area contributed by atoms with Gasteiger partial charge >= 0.3 is 0 Å². The lowest BCUT2D eigenvalue weighted by molar-refractivity contribution is 0.296. The van der Waals surface area contributed by atoms with Crippen molar-refractivity contribution in [2.45, 2.75) is 33.1 Å². The summed E-state index contributed by atoms with van der Waals surface area (Å²) in [6, 6.07) is 4.22. The smallest absolute Gasteiger partial charge is 0.0270 e. The lowest BCUT2D eigenvalue weighted by Gasteiger charge is -2.22. The fourth-order valence-corrected chi connectivity index (χ4v) is 1.83. The van der Waals surface area contributed by atoms with Gasteiger partial charge in [0.15, 0.2) is 0 Å². The van der Waals surface area contributed by atoms with E-state index in [1.807, 2.05) is 12.4 Å². The van der Waals surface area contributed by atoms with Crippen molar-refractivity contribution in [1.29, 1.82) is 0 Å². The maximum Gasteiger partial charge on any atom is 0.0270 e. The van der Waals surface area contributed by atoms with Crippen LogP contribution in [-0.4, -0.2) is 30.0 Å². The van der Waals surface area contributed by atoms with Crippen LogP contribution >= 0.6 is 0 Å². The highest BCUT2D eigenvalue weighted by Gasteiger charge is 2.08. The average molecular weight is 220 g/mol. The fraction of sp³-hybridized carbons (Fsp3) is 0.643. The highest BCUT2D eigenvalue weighted by molar-refractivity contribution is 5.15. The van der Waals surface area contributed by atoms with E-state index in [0.717, 1.165) is 12.5 Å². The summed E-state index contributed by atoms with van der Waals surface area (Å²) in [5.74, 6) is 1.37. The Labute approximate surface area is 99.7 Å². The molecule has 0 aliphatic heterocycles. The number of hydrogen-bond donors (Lipinski definition) is 0. The van der Waals surface area contributed by atoms with Crippen LogP contribution in [-0.2, 0) is 0 Å². The first-order valence-corrected chi connectivity index (χ1v) is 6.18. The van der Waals surface area contributed by atoms with Crippen LogP contribution in [0, 0.1) is 5.92 Å². The van der Waals surface area contributed by atoms with Crippen LogP contribution in [0.4, 0.5) is 0 Å². The zero-order chi connectivity index (χ0) is 12.0. The van der Waals surface area contributed by atoms with Gasteiger partial charge in [0.25, 0.3) is 0 Å². The highest BCUT2D eigenvalue weighted by Crippen LogP contribution is 2.15. The lowest BCUT2D eigenvalue weighted by Crippen LogP contribution is -2.25. The summed E-state index contributed by atoms with van der Waals surface area (Å²) in [6.07, 6.45) is 5.03. The average Bonchev–Trinajstić information content (AvgIpc) is 2.27. The van der Waals surface area contributed by atoms with Gasteiger partial charge in [-0.15, -0.1) is 0 Å². The van der Waals surface area contributed by atoms with Crippen LogP contribution in [0.2, 0.25) is 0 Å². The summed E-state index contributed by atoms with van der Waals surface area (Å²) < 4.78 is 0. The van der Waals surface area contributed by atoms with Crippen molar-refractivity contribution in [2.75, 3.05) is 20.1 Å². The van der Waals surface area contributed by atoms with E-state index < -0.39 is 0 Å². The number of nitrogens with zero attached hydrogens (tertiary/aromatic N) is 2. The minimum atomic E-state index is 0.583. The summed E-state index contributed by atoms with van der Waals surface area (Å²) in [5, 5.41) is 0. The Hall–Kier alpha value is -0.890. The van der Waals surface area contributed by atoms with Crippen LogP contribution in [0.3, 0.4) is 0 Å². The molecule has 0 amide bonds. The summed E-state index contributed by atoms with van der Waals surface area (Å²) in [6.45, 7) is 9.14. The Morgan fingerprint density at radius 2 is 1.81 bits per heavy atom. The molecule has 16 heavy (non-hydrogen) atoms. The molecule has 0 aliphatic rings. The molecule has 90 valence electrons. The van der Waals surface area contributed by atoms with Crippen molar-refractivity contribution in [2.24, 2.45) is 5.92 Å². The van der Waals surface area contributed by atoms with E-state index in [9.17, 15) is 0 Å². The molecule has 1 unspecified atom stereocenters. The van der Waals surface area contributed by atoms with Gasteiger partial charge in [-0.05, 0) is 49.5 Å². The molecular formula is C14H24N2. The van der Waals surface area contributed by atoms with E-state index in [1.165, 1.54) is 18.5 Å². The van der Waals surface area contributed by atoms with Crippen molar-refractivity contribution in [3.05, 3.63) is 30.1 Å². The van der Waals surface area contributed by atoms with Crippen LogP contribution in [0.5, 0.6) is 0 Å². The number of pyridine rings is 1. The third-order valence-corrected chi connectivity index (χ3v) is 2.95. The SMILES string of the molecule is CC(C)CCN(C)CC(C)c1ccncc1. The van der Waals surface area contributed by atoms with Crippen molar-refractivity contribution >= 4 is 0 Å². The first kappa shape index (κ1) is 13.2. The summed E-state index contributed by atoms with van der Waals surface area (Å²) in [5.41, 5.74) is 1.38. The van der Waals surface area contributed by atoms with E-state index in [2.05, 4.69) is 49.8 Å². The molecule has 0 aliphatic carbocycles. The predicted molar refractivity (Wildman–Crippen MR) is 69.6 cm³/mol. The monoisotopic (exact) mass is 220 g/mol. The van der Waals surface area contributed by atoms with Gasteiger partial charge in [-0.25, -0.2) is 0 Å². The van der Waals surface area contributed by atoms with Gasteiger partial charge in [0.1, 0.15) is 0 Å². The highest BCUT2D eigenvalue weighted by atomic mass is 15.1. The van der Waals surface area contributed by atoms with Gasteiger partial charge in [0, 0.05) is 18.9 Å². The maximum atomic E-state index is 4.05. The molecule has 0 saturated carbocycles. The molecule has 0 aromatic carbocycles. The zero-order valence-electron chi connectivity index (χ0n) is 11.0. The third kappa shape index (κ3) is 4.75. The lowest BCUT2D eigenvalue weighted by atomic mass is 10.0. The number of aromatic nitrogens is 1. The first-order chi connectivity index (χ1) is 7.59. The van der Waals surface area contributed by atoms with Crippen molar-refractivity contribution < 1.29 is 0 Å². The van der Waals surface area contributed by atoms with E-state index in [0.29, 0.717) is 5.92 Å². The largest absolute Gasteiger partial charge is 0.306 e. The van der Waals surface area contributed by atoms with Gasteiger partial charge < -0.3 is 4.90 Å². The van der Waals surface area contributed by atoms with Crippen molar-refractivity contribution in [3.8, 4) is 0 Å². The normalized spacial score (nSPS) is 13.4. The first-order valence-electron chi connectivity index (χ1n) is 6.18. The summed E-state index contributed by atoms with van der Waals surface area (Å²) >= 11 is 0. The van der Waals surface area contributed by atoms with E-state index in [1.54, 1.807) is 0 Å². The van der Waals surface area contributed by atoms with Crippen LogP contribution in [0.15, 0.2) is 24.5 Å². The molecule has 1 aromatic rings. The predicted octanol–water partition coefficient (Wildman–Crippen LogP) is 3.16. The van der Waals surface area contributed by atoms with Gasteiger partial charge in [-0.3, -0.25) is 4.98 Å². The van der Waals surface area contributed by atoms with E-state index >= 15 is 0 Å². The number of rotatable bonds is 6. The minimum absolute atomic E-state index is 0.583. The van der Waals surface area contributed by atoms with Gasteiger partial charge in [-0.1, -0.05) is 20.8 Å². The molecule has 0 fully saturated rings. The Morgan fingerprint density at radius 1 is 1.19 bits per heavy atom. The van der Waals surface area contributed by atoms with Crippen LogP contribution < -0.4 is 0 Å². The van der Waals surface area contributed by atoms with Gasteiger partial charge in [0.2, 0.25) is 0 Å². The third-order valence-electron chi connectivity index (χ3n) is 2.95. The second-order valence-electron chi connectivity index (χ2n) is 5.13. The molecule has 0 N–H and O–H groups in total. The van der Waals surface area contributed by atoms with Crippen molar-refractivity contribution in [3.63, 3.8) is 0 Å². The Bertz CT molecular complexity index is 282. The zero-order valence-corrected chi connectivity index (χ0v) is 11.0. The molecule has 1 aromatic heterocycles. The Kier molecular flexibility index (Phi) is 5.47. The second kappa shape index (κ2) is 6.64. The molecule has 2 nitrogen and oxygen atoms in total. The van der Waals surface area contributed by atoms with E-state index in [-0.39, 0.29) is 0 Å². The number of hydrogen-bond acceptors (Lipinski definition) is 2. The van der Waals surface area contributed by atoms with E-state index in [4.69, 9.17) is 0 Å². The van der Waals surface area contributed by atoms with Crippen LogP contribution in [0.1, 0.15) is 38.7 Å². The fourth-order valence-electron chi connectivity index (χ4n) is 1.83. The second-order valence-corrected chi connectivity index (χ2v) is 5.13. The summed E-state index contributed by atoms with van der Waals surface area (Å²) in [7, 11) is 2.21. The van der Waals surface area contributed by atoms with Crippen molar-refractivity contribution in [1.82, 2.24) is 9.88 Å². The standard InChI is InChI=1S/C14H24N2/c1-12(2)7-10-16(4)11-13(3)14-5-8-15-9-6-14/h5-6,8-9,12-13H,7,10-11H2,1-4H3. The molecular weight excluding hydrogens is 196 g/mol. The minimum Gasteiger partial charge on any atom is -0.306 e. The topological polar surface area (TPSA) is 16.1 Å². The molecule has 1 heterocycles. The molecule has 1 rings (SSSR count). The molecule has 0 radical (unpaired) electrons. The Morgan fingerprint density at radius 3 is 2.38 bits per heavy atom. The molecule has 0 spiro atoms. The summed E-state index contributed by atoms with van der Waals surface area (Å²) in [4.78, 5) is 6.47. The van der Waals surface area contributed by atoms with Gasteiger partial charge in [-0.2, -0.15) is 0 Å². The molecule has 0 saturated heterocycles. The molecule has 0 bridgehead atoms. The Balaban J connectivity index is 2.36. The van der Waals surface area contributed by atoms with Crippen LogP contribution in [0.25, 0.3) is 0 Å². The van der Waals surface area contributed by atoms with Gasteiger partial charge in [0.05, 0.1) is 0 Å². The molecule has 2 heteroatoms. The quantitative estimate of drug-likeness (QED) is 0.732.